The van der Waals surface area contributed by atoms with Gasteiger partial charge in [-0.3, -0.25) is 4.98 Å². The summed E-state index contributed by atoms with van der Waals surface area (Å²) in [7, 11) is 0. The Bertz CT molecular complexity index is 575. The van der Waals surface area contributed by atoms with Crippen molar-refractivity contribution in [1.29, 1.82) is 0 Å². The van der Waals surface area contributed by atoms with Crippen LogP contribution in [-0.4, -0.2) is 27.6 Å². The first-order chi connectivity index (χ1) is 9.15. The molecule has 0 radical (unpaired) electrons. The van der Waals surface area contributed by atoms with Gasteiger partial charge < -0.3 is 10.4 Å². The monoisotopic (exact) mass is 277 g/mol. The normalized spacial score (nSPS) is 10.2. The molecule has 0 bridgehead atoms. The maximum Gasteiger partial charge on any atom is 0.335 e. The zero-order valence-corrected chi connectivity index (χ0v) is 10.8. The smallest absolute Gasteiger partial charge is 0.335 e. The Hall–Kier alpha value is -2.14. The fourth-order valence-corrected chi connectivity index (χ4v) is 1.80. The molecule has 0 fully saturated rings. The van der Waals surface area contributed by atoms with E-state index in [1.807, 2.05) is 12.1 Å². The third kappa shape index (κ3) is 3.93. The van der Waals surface area contributed by atoms with Crippen molar-refractivity contribution in [2.45, 2.75) is 6.42 Å². The summed E-state index contributed by atoms with van der Waals surface area (Å²) in [4.78, 5) is 18.9. The molecular formula is C13H12ClN3O2. The van der Waals surface area contributed by atoms with Crippen LogP contribution in [0, 0.1) is 0 Å². The van der Waals surface area contributed by atoms with Gasteiger partial charge in [0.25, 0.3) is 0 Å². The molecule has 0 saturated carbocycles. The van der Waals surface area contributed by atoms with Gasteiger partial charge in [-0.2, -0.15) is 0 Å². The summed E-state index contributed by atoms with van der Waals surface area (Å²) >= 11 is 5.77. The topological polar surface area (TPSA) is 75.1 Å². The molecule has 0 atom stereocenters. The maximum atomic E-state index is 10.9. The average Bonchev–Trinajstić information content (AvgIpc) is 2.39. The summed E-state index contributed by atoms with van der Waals surface area (Å²) in [6.07, 6.45) is 4.27. The van der Waals surface area contributed by atoms with Crippen LogP contribution in [0.4, 0.5) is 5.82 Å². The first-order valence-corrected chi connectivity index (χ1v) is 6.06. The van der Waals surface area contributed by atoms with Crippen LogP contribution in [0.25, 0.3) is 0 Å². The van der Waals surface area contributed by atoms with Gasteiger partial charge in [-0.05, 0) is 30.2 Å². The number of nitrogens with one attached hydrogen (secondary N) is 1. The van der Waals surface area contributed by atoms with E-state index in [-0.39, 0.29) is 10.7 Å². The Balaban J connectivity index is 1.98. The highest BCUT2D eigenvalue weighted by Gasteiger charge is 2.07. The largest absolute Gasteiger partial charge is 0.478 e. The Morgan fingerprint density at radius 3 is 2.95 bits per heavy atom. The predicted octanol–water partition coefficient (Wildman–Crippen LogP) is 2.48. The van der Waals surface area contributed by atoms with E-state index in [4.69, 9.17) is 16.7 Å². The minimum atomic E-state index is -1.03. The number of pyridine rings is 2. The number of rotatable bonds is 5. The quantitative estimate of drug-likeness (QED) is 0.821. The Morgan fingerprint density at radius 2 is 2.26 bits per heavy atom. The van der Waals surface area contributed by atoms with Crippen molar-refractivity contribution >= 4 is 23.4 Å². The molecule has 0 spiro atoms. The van der Waals surface area contributed by atoms with E-state index in [9.17, 15) is 4.79 Å². The van der Waals surface area contributed by atoms with Crippen LogP contribution in [0.15, 0.2) is 36.7 Å². The lowest BCUT2D eigenvalue weighted by Gasteiger charge is -2.07. The van der Waals surface area contributed by atoms with Crippen molar-refractivity contribution < 1.29 is 9.90 Å². The van der Waals surface area contributed by atoms with Gasteiger partial charge in [0.1, 0.15) is 11.0 Å². The van der Waals surface area contributed by atoms with Gasteiger partial charge in [-0.1, -0.05) is 17.7 Å². The molecule has 0 aromatic carbocycles. The van der Waals surface area contributed by atoms with Crippen molar-refractivity contribution in [3.8, 4) is 0 Å². The number of nitrogens with zero attached hydrogens (tertiary/aromatic N) is 2. The lowest BCUT2D eigenvalue weighted by atomic mass is 10.2. The summed E-state index contributed by atoms with van der Waals surface area (Å²) in [5.74, 6) is -0.576. The Morgan fingerprint density at radius 1 is 1.42 bits per heavy atom. The van der Waals surface area contributed by atoms with Gasteiger partial charge in [0.05, 0.1) is 5.56 Å². The molecule has 6 heteroatoms. The van der Waals surface area contributed by atoms with Crippen molar-refractivity contribution in [2.75, 3.05) is 11.9 Å². The molecule has 0 unspecified atom stereocenters. The first kappa shape index (κ1) is 13.3. The molecule has 19 heavy (non-hydrogen) atoms. The number of carboxylic acids is 1. The predicted molar refractivity (Wildman–Crippen MR) is 72.6 cm³/mol. The molecule has 0 aliphatic carbocycles. The SMILES string of the molecule is O=C(O)c1cc(Cl)nc(NCCc2cccnc2)c1. The van der Waals surface area contributed by atoms with Gasteiger partial charge in [0.15, 0.2) is 0 Å². The molecular weight excluding hydrogens is 266 g/mol. The van der Waals surface area contributed by atoms with Crippen molar-refractivity contribution in [2.24, 2.45) is 0 Å². The molecule has 0 aliphatic heterocycles. The van der Waals surface area contributed by atoms with Crippen LogP contribution in [-0.2, 0) is 6.42 Å². The van der Waals surface area contributed by atoms with E-state index in [1.165, 1.54) is 12.1 Å². The van der Waals surface area contributed by atoms with E-state index < -0.39 is 5.97 Å². The van der Waals surface area contributed by atoms with Gasteiger partial charge in [-0.15, -0.1) is 0 Å². The third-order valence-corrected chi connectivity index (χ3v) is 2.68. The van der Waals surface area contributed by atoms with Crippen LogP contribution < -0.4 is 5.32 Å². The van der Waals surface area contributed by atoms with Gasteiger partial charge in [-0.25, -0.2) is 9.78 Å². The molecule has 2 heterocycles. The minimum Gasteiger partial charge on any atom is -0.478 e. The second kappa shape index (κ2) is 6.15. The van der Waals surface area contributed by atoms with Crippen molar-refractivity contribution in [3.63, 3.8) is 0 Å². The number of anilines is 1. The molecule has 2 aromatic rings. The molecule has 0 amide bonds. The highest BCUT2D eigenvalue weighted by atomic mass is 35.5. The van der Waals surface area contributed by atoms with Gasteiger partial charge in [0, 0.05) is 18.9 Å². The fraction of sp³-hybridized carbons (Fsp3) is 0.154. The van der Waals surface area contributed by atoms with E-state index in [0.29, 0.717) is 12.4 Å². The highest BCUT2D eigenvalue weighted by Crippen LogP contribution is 2.14. The lowest BCUT2D eigenvalue weighted by molar-refractivity contribution is 0.0697. The van der Waals surface area contributed by atoms with Crippen molar-refractivity contribution in [3.05, 3.63) is 52.9 Å². The summed E-state index contributed by atoms with van der Waals surface area (Å²) in [5.41, 5.74) is 1.21. The zero-order valence-electron chi connectivity index (χ0n) is 10.0. The number of hydrogen-bond acceptors (Lipinski definition) is 4. The second-order valence-electron chi connectivity index (χ2n) is 3.91. The van der Waals surface area contributed by atoms with Crippen molar-refractivity contribution in [1.82, 2.24) is 9.97 Å². The molecule has 2 rings (SSSR count). The number of halogens is 1. The van der Waals surface area contributed by atoms with E-state index in [2.05, 4.69) is 15.3 Å². The minimum absolute atomic E-state index is 0.115. The van der Waals surface area contributed by atoms with Crippen LogP contribution >= 0.6 is 11.6 Å². The zero-order chi connectivity index (χ0) is 13.7. The summed E-state index contributed by atoms with van der Waals surface area (Å²) in [6, 6.07) is 6.62. The summed E-state index contributed by atoms with van der Waals surface area (Å²) in [6.45, 7) is 0.623. The van der Waals surface area contributed by atoms with Crippen LogP contribution in [0.5, 0.6) is 0 Å². The number of hydrogen-bond donors (Lipinski definition) is 2. The van der Waals surface area contributed by atoms with E-state index >= 15 is 0 Å². The van der Waals surface area contributed by atoms with Gasteiger partial charge >= 0.3 is 5.97 Å². The number of carbonyl (C=O) groups is 1. The Labute approximate surface area is 115 Å². The Kier molecular flexibility index (Phi) is 4.30. The standard InChI is InChI=1S/C13H12ClN3O2/c14-11-6-10(13(18)19)7-12(17-11)16-5-3-9-2-1-4-15-8-9/h1-2,4,6-8H,3,5H2,(H,16,17)(H,18,19). The molecule has 2 N–H and O–H groups in total. The molecule has 0 aliphatic rings. The molecule has 5 nitrogen and oxygen atoms in total. The van der Waals surface area contributed by atoms with Crippen LogP contribution in [0.3, 0.4) is 0 Å². The third-order valence-electron chi connectivity index (χ3n) is 2.48. The molecule has 2 aromatic heterocycles. The average molecular weight is 278 g/mol. The number of carboxylic acid groups (broad SMARTS) is 1. The van der Waals surface area contributed by atoms with Crippen LogP contribution in [0.1, 0.15) is 15.9 Å². The fourth-order valence-electron chi connectivity index (χ4n) is 1.59. The summed E-state index contributed by atoms with van der Waals surface area (Å²) < 4.78 is 0. The number of aromatic carboxylic acids is 1. The number of aromatic nitrogens is 2. The first-order valence-electron chi connectivity index (χ1n) is 5.69. The lowest BCUT2D eigenvalue weighted by Crippen LogP contribution is -2.08. The highest BCUT2D eigenvalue weighted by molar-refractivity contribution is 6.29. The maximum absolute atomic E-state index is 10.9. The molecule has 98 valence electrons. The van der Waals surface area contributed by atoms with E-state index in [0.717, 1.165) is 12.0 Å². The summed E-state index contributed by atoms with van der Waals surface area (Å²) in [5, 5.41) is 12.1. The second-order valence-corrected chi connectivity index (χ2v) is 4.29. The molecule has 0 saturated heterocycles. The van der Waals surface area contributed by atoms with Crippen LogP contribution in [0.2, 0.25) is 5.15 Å². The van der Waals surface area contributed by atoms with E-state index in [1.54, 1.807) is 12.4 Å². The van der Waals surface area contributed by atoms with Gasteiger partial charge in [0.2, 0.25) is 0 Å².